The molecule has 1 fully saturated rings. The number of carbonyl (C=O) groups is 1. The lowest BCUT2D eigenvalue weighted by atomic mass is 10.0. The van der Waals surface area contributed by atoms with Crippen LogP contribution in [0.3, 0.4) is 0 Å². The molecule has 154 valence electrons. The SMILES string of the molecule is COc1cc([C@@H]2Nc3ccccc3C(=O)N2C2CC2)ccc1OCc1csc(C)n1. The highest BCUT2D eigenvalue weighted by molar-refractivity contribution is 7.09. The van der Waals surface area contributed by atoms with E-state index >= 15 is 0 Å². The minimum absolute atomic E-state index is 0.0787. The zero-order chi connectivity index (χ0) is 20.7. The van der Waals surface area contributed by atoms with Crippen LogP contribution in [-0.4, -0.2) is 28.9 Å². The largest absolute Gasteiger partial charge is 0.493 e. The quantitative estimate of drug-likeness (QED) is 0.621. The molecule has 3 aromatic rings. The highest BCUT2D eigenvalue weighted by atomic mass is 32.1. The average Bonchev–Trinajstić information content (AvgIpc) is 3.52. The summed E-state index contributed by atoms with van der Waals surface area (Å²) in [7, 11) is 1.63. The smallest absolute Gasteiger partial charge is 0.258 e. The Bertz CT molecular complexity index is 1090. The van der Waals surface area contributed by atoms with E-state index in [1.165, 1.54) is 0 Å². The molecule has 1 atom stereocenters. The molecule has 2 aliphatic rings. The topological polar surface area (TPSA) is 63.7 Å². The molecule has 1 aliphatic carbocycles. The number of thiazole rings is 1. The van der Waals surface area contributed by atoms with Gasteiger partial charge in [0.05, 0.1) is 23.4 Å². The molecular weight excluding hydrogens is 398 g/mol. The first-order valence-corrected chi connectivity index (χ1v) is 10.9. The zero-order valence-corrected chi connectivity index (χ0v) is 17.7. The van der Waals surface area contributed by atoms with E-state index in [2.05, 4.69) is 10.3 Å². The van der Waals surface area contributed by atoms with E-state index in [1.807, 2.05) is 59.7 Å². The van der Waals surface area contributed by atoms with E-state index in [0.29, 0.717) is 18.1 Å². The number of hydrogen-bond acceptors (Lipinski definition) is 6. The van der Waals surface area contributed by atoms with Gasteiger partial charge >= 0.3 is 0 Å². The summed E-state index contributed by atoms with van der Waals surface area (Å²) < 4.78 is 11.6. The number of amides is 1. The van der Waals surface area contributed by atoms with E-state index in [1.54, 1.807) is 18.4 Å². The first kappa shape index (κ1) is 18.9. The molecule has 6 nitrogen and oxygen atoms in total. The molecule has 1 aliphatic heterocycles. The normalized spacial score (nSPS) is 18.0. The lowest BCUT2D eigenvalue weighted by Crippen LogP contribution is -2.44. The fraction of sp³-hybridized carbons (Fsp3) is 0.304. The first-order valence-electron chi connectivity index (χ1n) is 10.0. The van der Waals surface area contributed by atoms with Gasteiger partial charge in [0.15, 0.2) is 11.5 Å². The summed E-state index contributed by atoms with van der Waals surface area (Å²) in [5.41, 5.74) is 3.46. The van der Waals surface area contributed by atoms with Crippen LogP contribution >= 0.6 is 11.3 Å². The number of benzene rings is 2. The first-order chi connectivity index (χ1) is 14.6. The van der Waals surface area contributed by atoms with Gasteiger partial charge in [-0.05, 0) is 49.6 Å². The number of para-hydroxylation sites is 1. The van der Waals surface area contributed by atoms with E-state index in [-0.39, 0.29) is 18.1 Å². The van der Waals surface area contributed by atoms with E-state index in [4.69, 9.17) is 9.47 Å². The Labute approximate surface area is 179 Å². The molecule has 1 N–H and O–H groups in total. The maximum Gasteiger partial charge on any atom is 0.258 e. The number of aromatic nitrogens is 1. The second-order valence-corrected chi connectivity index (χ2v) is 8.66. The molecule has 2 aromatic carbocycles. The van der Waals surface area contributed by atoms with Crippen LogP contribution < -0.4 is 14.8 Å². The Hall–Kier alpha value is -3.06. The van der Waals surface area contributed by atoms with E-state index in [9.17, 15) is 4.79 Å². The predicted molar refractivity (Wildman–Crippen MR) is 116 cm³/mol. The van der Waals surface area contributed by atoms with Gasteiger partial charge in [0.2, 0.25) is 0 Å². The van der Waals surface area contributed by atoms with Crippen molar-refractivity contribution in [1.29, 1.82) is 0 Å². The number of carbonyl (C=O) groups excluding carboxylic acids is 1. The highest BCUT2D eigenvalue weighted by Crippen LogP contribution is 2.42. The second-order valence-electron chi connectivity index (χ2n) is 7.59. The minimum atomic E-state index is -0.232. The molecule has 1 saturated carbocycles. The van der Waals surface area contributed by atoms with Crippen LogP contribution in [0.5, 0.6) is 11.5 Å². The van der Waals surface area contributed by atoms with Crippen LogP contribution in [0, 0.1) is 6.92 Å². The fourth-order valence-corrected chi connectivity index (χ4v) is 4.44. The van der Waals surface area contributed by atoms with Crippen molar-refractivity contribution in [1.82, 2.24) is 9.88 Å². The number of nitrogens with zero attached hydrogens (tertiary/aromatic N) is 2. The number of methoxy groups -OCH3 is 1. The Morgan fingerprint density at radius 3 is 2.77 bits per heavy atom. The standard InChI is InChI=1S/C23H23N3O3S/c1-14-24-16(13-30-14)12-29-20-10-7-15(11-21(20)28-2)22-25-19-6-4-3-5-18(19)23(27)26(22)17-8-9-17/h3-7,10-11,13,17,22,25H,8-9,12H2,1-2H3/t22-/m1/s1. The zero-order valence-electron chi connectivity index (χ0n) is 16.9. The third-order valence-corrected chi connectivity index (χ3v) is 6.27. The van der Waals surface area contributed by atoms with Gasteiger partial charge in [0, 0.05) is 17.1 Å². The van der Waals surface area contributed by atoms with Crippen molar-refractivity contribution < 1.29 is 14.3 Å². The number of aryl methyl sites for hydroxylation is 1. The molecule has 1 aromatic heterocycles. The molecule has 1 amide bonds. The van der Waals surface area contributed by atoms with Gasteiger partial charge in [-0.2, -0.15) is 0 Å². The second kappa shape index (κ2) is 7.65. The molecule has 0 unspecified atom stereocenters. The molecule has 0 spiro atoms. The third-order valence-electron chi connectivity index (χ3n) is 5.45. The molecule has 2 heterocycles. The Balaban J connectivity index is 1.43. The summed E-state index contributed by atoms with van der Waals surface area (Å²) in [5, 5.41) is 6.56. The predicted octanol–water partition coefficient (Wildman–Crippen LogP) is 4.77. The number of nitrogens with one attached hydrogen (secondary N) is 1. The number of ether oxygens (including phenoxy) is 2. The van der Waals surface area contributed by atoms with Crippen LogP contribution in [-0.2, 0) is 6.61 Å². The number of hydrogen-bond donors (Lipinski definition) is 1. The van der Waals surface area contributed by atoms with Crippen molar-refractivity contribution in [3.8, 4) is 11.5 Å². The van der Waals surface area contributed by atoms with Crippen molar-refractivity contribution in [2.24, 2.45) is 0 Å². The average molecular weight is 422 g/mol. The van der Waals surface area contributed by atoms with Crippen molar-refractivity contribution in [2.45, 2.75) is 38.6 Å². The molecule has 30 heavy (non-hydrogen) atoms. The maximum absolute atomic E-state index is 13.2. The summed E-state index contributed by atoms with van der Waals surface area (Å²) in [5.74, 6) is 1.38. The van der Waals surface area contributed by atoms with Gasteiger partial charge in [-0.25, -0.2) is 4.98 Å². The molecule has 0 bridgehead atoms. The van der Waals surface area contributed by atoms with Crippen molar-refractivity contribution in [3.63, 3.8) is 0 Å². The van der Waals surface area contributed by atoms with Crippen molar-refractivity contribution in [2.75, 3.05) is 12.4 Å². The van der Waals surface area contributed by atoms with Gasteiger partial charge in [-0.15, -0.1) is 11.3 Å². The van der Waals surface area contributed by atoms with Crippen LogP contribution in [0.25, 0.3) is 0 Å². The van der Waals surface area contributed by atoms with E-state index in [0.717, 1.165) is 40.4 Å². The van der Waals surface area contributed by atoms with Gasteiger partial charge in [-0.3, -0.25) is 4.79 Å². The third kappa shape index (κ3) is 3.50. The lowest BCUT2D eigenvalue weighted by molar-refractivity contribution is 0.0666. The molecule has 0 saturated heterocycles. The summed E-state index contributed by atoms with van der Waals surface area (Å²) in [6.45, 7) is 2.37. The highest BCUT2D eigenvalue weighted by Gasteiger charge is 2.42. The monoisotopic (exact) mass is 421 g/mol. The van der Waals surface area contributed by atoms with Crippen LogP contribution in [0.4, 0.5) is 5.69 Å². The molecular formula is C23H23N3O3S. The van der Waals surface area contributed by atoms with Gasteiger partial charge in [0.1, 0.15) is 12.8 Å². The summed E-state index contributed by atoms with van der Waals surface area (Å²) in [6, 6.07) is 13.8. The van der Waals surface area contributed by atoms with Crippen molar-refractivity contribution >= 4 is 22.9 Å². The van der Waals surface area contributed by atoms with Gasteiger partial charge < -0.3 is 19.7 Å². The number of anilines is 1. The van der Waals surface area contributed by atoms with Gasteiger partial charge in [-0.1, -0.05) is 18.2 Å². The molecule has 7 heteroatoms. The summed E-state index contributed by atoms with van der Waals surface area (Å²) in [4.78, 5) is 19.6. The summed E-state index contributed by atoms with van der Waals surface area (Å²) in [6.07, 6.45) is 1.85. The Kier molecular flexibility index (Phi) is 4.83. The van der Waals surface area contributed by atoms with Crippen LogP contribution in [0.2, 0.25) is 0 Å². The van der Waals surface area contributed by atoms with Crippen LogP contribution in [0.1, 0.15) is 45.6 Å². The van der Waals surface area contributed by atoms with Gasteiger partial charge in [0.25, 0.3) is 5.91 Å². The number of fused-ring (bicyclic) bond motifs is 1. The molecule has 5 rings (SSSR count). The molecule has 0 radical (unpaired) electrons. The minimum Gasteiger partial charge on any atom is -0.493 e. The Morgan fingerprint density at radius 1 is 1.20 bits per heavy atom. The lowest BCUT2D eigenvalue weighted by Gasteiger charge is -2.38. The number of rotatable bonds is 6. The van der Waals surface area contributed by atoms with E-state index < -0.39 is 0 Å². The Morgan fingerprint density at radius 2 is 2.03 bits per heavy atom. The maximum atomic E-state index is 13.2. The fourth-order valence-electron chi connectivity index (χ4n) is 3.84. The van der Waals surface area contributed by atoms with Crippen LogP contribution in [0.15, 0.2) is 47.8 Å². The summed E-state index contributed by atoms with van der Waals surface area (Å²) >= 11 is 1.61. The van der Waals surface area contributed by atoms with Crippen molar-refractivity contribution in [3.05, 3.63) is 69.7 Å².